The van der Waals surface area contributed by atoms with Gasteiger partial charge in [0.15, 0.2) is 0 Å². The lowest BCUT2D eigenvalue weighted by atomic mass is 10.0. The van der Waals surface area contributed by atoms with E-state index in [2.05, 4.69) is 40.5 Å². The van der Waals surface area contributed by atoms with Gasteiger partial charge in [-0.05, 0) is 49.0 Å². The monoisotopic (exact) mass is 513 g/mol. The third-order valence-corrected chi connectivity index (χ3v) is 6.75. The molecule has 2 aromatic carbocycles. The topological polar surface area (TPSA) is 78.5 Å². The van der Waals surface area contributed by atoms with Crippen molar-refractivity contribution in [3.8, 4) is 0 Å². The van der Waals surface area contributed by atoms with Crippen molar-refractivity contribution in [2.75, 3.05) is 19.3 Å². The number of sulfonamides is 1. The van der Waals surface area contributed by atoms with E-state index in [1.807, 2.05) is 29.0 Å². The summed E-state index contributed by atoms with van der Waals surface area (Å²) < 4.78 is 24.3. The Kier molecular flexibility index (Phi) is 10.2. The summed E-state index contributed by atoms with van der Waals surface area (Å²) in [5.74, 6) is 0.173. The maximum Gasteiger partial charge on any atom is 0.237 e. The first-order valence-corrected chi connectivity index (χ1v) is 12.9. The van der Waals surface area contributed by atoms with Crippen LogP contribution in [0, 0.1) is 0 Å². The Bertz CT molecular complexity index is 995. The number of hydrogen-bond acceptors (Lipinski definition) is 5. The smallest absolute Gasteiger partial charge is 0.237 e. The number of likely N-dealkylation sites (tertiary alicyclic amines) is 1. The maximum absolute atomic E-state index is 11.7. The van der Waals surface area contributed by atoms with Crippen LogP contribution in [0.2, 0.25) is 0 Å². The third-order valence-electron chi connectivity index (χ3n) is 6.15. The zero-order chi connectivity index (χ0) is 21.8. The molecule has 0 unspecified atom stereocenters. The molecule has 1 saturated heterocycles. The molecule has 2 N–H and O–H groups in total. The van der Waals surface area contributed by atoms with Gasteiger partial charge in [-0.25, -0.2) is 8.42 Å². The second kappa shape index (κ2) is 12.2. The van der Waals surface area contributed by atoms with Crippen molar-refractivity contribution < 1.29 is 13.2 Å². The fraction of sp³-hybridized carbons (Fsp3) is 0.458. The van der Waals surface area contributed by atoms with Gasteiger partial charge in [0.1, 0.15) is 0 Å². The van der Waals surface area contributed by atoms with E-state index in [-0.39, 0.29) is 31.2 Å². The number of halogens is 2. The fourth-order valence-electron chi connectivity index (χ4n) is 4.46. The highest BCUT2D eigenvalue weighted by atomic mass is 35.5. The first-order valence-electron chi connectivity index (χ1n) is 11.0. The molecule has 0 spiro atoms. The summed E-state index contributed by atoms with van der Waals surface area (Å²) >= 11 is 0. The van der Waals surface area contributed by atoms with Crippen LogP contribution in [0.5, 0.6) is 0 Å². The molecule has 1 amide bonds. The highest BCUT2D eigenvalue weighted by Gasteiger charge is 2.39. The average Bonchev–Trinajstić information content (AvgIpc) is 3.49. The number of nitrogens with zero attached hydrogens (tertiary/aromatic N) is 1. The van der Waals surface area contributed by atoms with E-state index in [1.54, 1.807) is 0 Å². The Hall–Kier alpha value is -1.64. The highest BCUT2D eigenvalue weighted by molar-refractivity contribution is 7.89. The van der Waals surface area contributed by atoms with Gasteiger partial charge in [0.25, 0.3) is 0 Å². The summed E-state index contributed by atoms with van der Waals surface area (Å²) in [6.45, 7) is 3.07. The van der Waals surface area contributed by atoms with Crippen LogP contribution in [-0.2, 0) is 27.8 Å². The summed E-state index contributed by atoms with van der Waals surface area (Å²) in [4.78, 5) is 14.2. The Morgan fingerprint density at radius 1 is 0.970 bits per heavy atom. The predicted molar refractivity (Wildman–Crippen MR) is 137 cm³/mol. The van der Waals surface area contributed by atoms with Crippen LogP contribution in [0.15, 0.2) is 54.6 Å². The van der Waals surface area contributed by atoms with Crippen molar-refractivity contribution in [1.82, 2.24) is 14.9 Å². The minimum absolute atomic E-state index is 0. The van der Waals surface area contributed by atoms with E-state index in [0.29, 0.717) is 18.0 Å². The number of amides is 1. The molecule has 33 heavy (non-hydrogen) atoms. The second-order valence-electron chi connectivity index (χ2n) is 8.87. The first kappa shape index (κ1) is 27.6. The Balaban J connectivity index is 0.00000193. The van der Waals surface area contributed by atoms with Crippen molar-refractivity contribution in [2.45, 2.75) is 50.2 Å². The van der Waals surface area contributed by atoms with Crippen molar-refractivity contribution in [3.63, 3.8) is 0 Å². The first-order chi connectivity index (χ1) is 14.9. The normalized spacial score (nSPS) is 20.9. The van der Waals surface area contributed by atoms with Crippen molar-refractivity contribution in [1.29, 1.82) is 0 Å². The lowest BCUT2D eigenvalue weighted by Crippen LogP contribution is -2.43. The van der Waals surface area contributed by atoms with Crippen LogP contribution in [0.4, 0.5) is 0 Å². The van der Waals surface area contributed by atoms with Gasteiger partial charge in [0.05, 0.1) is 12.7 Å². The largest absolute Gasteiger partial charge is 0.311 e. The van der Waals surface area contributed by atoms with Crippen molar-refractivity contribution in [2.24, 2.45) is 0 Å². The lowest BCUT2D eigenvalue weighted by Gasteiger charge is -2.32. The maximum atomic E-state index is 11.7. The molecular formula is C24H33Cl2N3O3S. The van der Waals surface area contributed by atoms with Crippen molar-refractivity contribution >= 4 is 40.7 Å². The van der Waals surface area contributed by atoms with E-state index >= 15 is 0 Å². The van der Waals surface area contributed by atoms with E-state index in [0.717, 1.165) is 31.5 Å². The number of benzene rings is 2. The summed E-state index contributed by atoms with van der Waals surface area (Å²) in [6.07, 6.45) is 4.64. The molecule has 1 saturated carbocycles. The molecule has 182 valence electrons. The van der Waals surface area contributed by atoms with Gasteiger partial charge in [0.2, 0.25) is 15.9 Å². The Labute approximate surface area is 209 Å². The lowest BCUT2D eigenvalue weighted by molar-refractivity contribution is -0.118. The molecule has 9 heteroatoms. The van der Waals surface area contributed by atoms with Gasteiger partial charge < -0.3 is 5.32 Å². The molecule has 1 aliphatic heterocycles. The zero-order valence-electron chi connectivity index (χ0n) is 18.8. The average molecular weight is 515 g/mol. The number of hydrogen-bond donors (Lipinski definition) is 2. The molecule has 1 heterocycles. The van der Waals surface area contributed by atoms with Crippen LogP contribution in [0.1, 0.15) is 41.9 Å². The molecule has 0 radical (unpaired) electrons. The molecule has 4 rings (SSSR count). The number of piperidine rings is 1. The zero-order valence-corrected chi connectivity index (χ0v) is 21.2. The second-order valence-corrected chi connectivity index (χ2v) is 10.6. The van der Waals surface area contributed by atoms with Crippen LogP contribution in [0.3, 0.4) is 0 Å². The fourth-order valence-corrected chi connectivity index (χ4v) is 4.94. The Morgan fingerprint density at radius 2 is 1.58 bits per heavy atom. The Morgan fingerprint density at radius 3 is 2.18 bits per heavy atom. The summed E-state index contributed by atoms with van der Waals surface area (Å²) in [6, 6.07) is 19.9. The van der Waals surface area contributed by atoms with Crippen LogP contribution < -0.4 is 10.0 Å². The molecule has 2 atom stereocenters. The van der Waals surface area contributed by atoms with Gasteiger partial charge in [-0.15, -0.1) is 24.8 Å². The van der Waals surface area contributed by atoms with Gasteiger partial charge >= 0.3 is 0 Å². The van der Waals surface area contributed by atoms with E-state index in [9.17, 15) is 13.2 Å². The number of carbonyl (C=O) groups is 1. The molecular weight excluding hydrogens is 481 g/mol. The van der Waals surface area contributed by atoms with E-state index in [1.165, 1.54) is 30.4 Å². The highest BCUT2D eigenvalue weighted by Crippen LogP contribution is 2.41. The standard InChI is InChI=1S/C24H31N3O3S.2ClH/c1-31(29,30)26-24(28)15-18-7-9-19(10-8-18)17-27-13-11-21(12-14-27)25-23-16-22(23)20-5-3-2-4-6-20;;/h2-10,21-23,25H,11-17H2,1H3,(H,26,28);2*1H/t22-,23+;;/m0../s1. The minimum Gasteiger partial charge on any atom is -0.311 e. The summed E-state index contributed by atoms with van der Waals surface area (Å²) in [5.41, 5.74) is 3.48. The predicted octanol–water partition coefficient (Wildman–Crippen LogP) is 3.26. The quantitative estimate of drug-likeness (QED) is 0.566. The van der Waals surface area contributed by atoms with Crippen LogP contribution >= 0.6 is 24.8 Å². The molecule has 2 fully saturated rings. The molecule has 1 aliphatic carbocycles. The van der Waals surface area contributed by atoms with Gasteiger partial charge in [-0.1, -0.05) is 54.6 Å². The van der Waals surface area contributed by atoms with E-state index in [4.69, 9.17) is 0 Å². The molecule has 2 aromatic rings. The van der Waals surface area contributed by atoms with E-state index < -0.39 is 15.9 Å². The van der Waals surface area contributed by atoms with Gasteiger partial charge in [0, 0.05) is 24.5 Å². The minimum atomic E-state index is -3.51. The number of carbonyl (C=O) groups excluding carboxylic acids is 1. The molecule has 0 bridgehead atoms. The number of rotatable bonds is 8. The van der Waals surface area contributed by atoms with Crippen LogP contribution in [0.25, 0.3) is 0 Å². The third kappa shape index (κ3) is 8.58. The number of nitrogens with one attached hydrogen (secondary N) is 2. The SMILES string of the molecule is CS(=O)(=O)NC(=O)Cc1ccc(CN2CCC(N[C@@H]3C[C@H]3c3ccccc3)CC2)cc1.Cl.Cl. The van der Waals surface area contributed by atoms with Crippen molar-refractivity contribution in [3.05, 3.63) is 71.3 Å². The summed E-state index contributed by atoms with van der Waals surface area (Å²) in [5, 5.41) is 3.86. The summed E-state index contributed by atoms with van der Waals surface area (Å²) in [7, 11) is -3.51. The van der Waals surface area contributed by atoms with Crippen LogP contribution in [-0.4, -0.2) is 50.7 Å². The molecule has 6 nitrogen and oxygen atoms in total. The molecule has 2 aliphatic rings. The van der Waals surface area contributed by atoms with Gasteiger partial charge in [-0.3, -0.25) is 14.4 Å². The molecule has 0 aromatic heterocycles. The van der Waals surface area contributed by atoms with Gasteiger partial charge in [-0.2, -0.15) is 0 Å².